The summed E-state index contributed by atoms with van der Waals surface area (Å²) in [6, 6.07) is 16.4. The second kappa shape index (κ2) is 8.67. The molecule has 164 valence electrons. The van der Waals surface area contributed by atoms with Crippen molar-refractivity contribution >= 4 is 39.1 Å². The molecule has 1 saturated heterocycles. The van der Waals surface area contributed by atoms with Crippen LogP contribution in [0.1, 0.15) is 37.0 Å². The summed E-state index contributed by atoms with van der Waals surface area (Å²) in [4.78, 5) is 27.5. The SMILES string of the molecule is Cc1ccc(C2/C(=C(/O)c3ccc(OC(C)C)cc3)C(=O)C(=O)N2c2ccc(Br)cc2)o1. The molecule has 1 amide bonds. The molecule has 1 N–H and O–H groups in total. The Hall–Kier alpha value is -3.32. The zero-order chi connectivity index (χ0) is 23.0. The molecule has 1 aliphatic rings. The first-order chi connectivity index (χ1) is 15.3. The third kappa shape index (κ3) is 4.08. The number of nitrogens with zero attached hydrogens (tertiary/aromatic N) is 1. The minimum Gasteiger partial charge on any atom is -0.507 e. The van der Waals surface area contributed by atoms with Gasteiger partial charge in [-0.15, -0.1) is 0 Å². The Balaban J connectivity index is 1.84. The quantitative estimate of drug-likeness (QED) is 0.276. The van der Waals surface area contributed by atoms with E-state index in [2.05, 4.69) is 15.9 Å². The van der Waals surface area contributed by atoms with Gasteiger partial charge in [0, 0.05) is 15.7 Å². The first-order valence-corrected chi connectivity index (χ1v) is 11.0. The van der Waals surface area contributed by atoms with E-state index < -0.39 is 17.7 Å². The van der Waals surface area contributed by atoms with E-state index in [1.807, 2.05) is 13.8 Å². The number of carbonyl (C=O) groups is 2. The number of aliphatic hydroxyl groups is 1. The van der Waals surface area contributed by atoms with E-state index in [0.29, 0.717) is 28.5 Å². The average molecular weight is 496 g/mol. The van der Waals surface area contributed by atoms with Gasteiger partial charge in [0.1, 0.15) is 29.1 Å². The third-order valence-corrected chi connectivity index (χ3v) is 5.61. The summed E-state index contributed by atoms with van der Waals surface area (Å²) in [7, 11) is 0. The van der Waals surface area contributed by atoms with Gasteiger partial charge in [0.2, 0.25) is 0 Å². The Morgan fingerprint density at radius 3 is 2.25 bits per heavy atom. The molecule has 3 aromatic rings. The Morgan fingerprint density at radius 2 is 1.69 bits per heavy atom. The maximum Gasteiger partial charge on any atom is 0.300 e. The van der Waals surface area contributed by atoms with E-state index in [4.69, 9.17) is 9.15 Å². The van der Waals surface area contributed by atoms with Gasteiger partial charge in [-0.25, -0.2) is 0 Å². The lowest BCUT2D eigenvalue weighted by atomic mass is 9.99. The van der Waals surface area contributed by atoms with Crippen LogP contribution < -0.4 is 9.64 Å². The topological polar surface area (TPSA) is 80.0 Å². The van der Waals surface area contributed by atoms with E-state index in [0.717, 1.165) is 4.47 Å². The molecule has 0 bridgehead atoms. The lowest BCUT2D eigenvalue weighted by molar-refractivity contribution is -0.132. The number of furan rings is 1. The van der Waals surface area contributed by atoms with E-state index >= 15 is 0 Å². The largest absolute Gasteiger partial charge is 0.507 e. The summed E-state index contributed by atoms with van der Waals surface area (Å²) in [6.45, 7) is 5.62. The van der Waals surface area contributed by atoms with Crippen molar-refractivity contribution in [1.82, 2.24) is 0 Å². The summed E-state index contributed by atoms with van der Waals surface area (Å²) in [5.41, 5.74) is 0.905. The van der Waals surface area contributed by atoms with Crippen LogP contribution in [0.2, 0.25) is 0 Å². The van der Waals surface area contributed by atoms with Crippen LogP contribution in [0.15, 0.2) is 75.1 Å². The standard InChI is InChI=1S/C25H22BrNO5/c1-14(2)31-19-11-5-16(6-12-19)23(28)21-22(20-13-4-15(3)32-20)27(25(30)24(21)29)18-9-7-17(26)8-10-18/h4-14,22,28H,1-3H3/b23-21-. The van der Waals surface area contributed by atoms with E-state index in [1.165, 1.54) is 4.90 Å². The van der Waals surface area contributed by atoms with Crippen LogP contribution in [0, 0.1) is 6.92 Å². The number of anilines is 1. The van der Waals surface area contributed by atoms with Gasteiger partial charge in [0.15, 0.2) is 0 Å². The molecule has 6 nitrogen and oxygen atoms in total. The third-order valence-electron chi connectivity index (χ3n) is 5.08. The smallest absolute Gasteiger partial charge is 0.300 e. The number of carbonyl (C=O) groups excluding carboxylic acids is 2. The number of Topliss-reactive ketones (excluding diaryl/α,β-unsaturated/α-hetero) is 1. The second-order valence-electron chi connectivity index (χ2n) is 7.78. The molecule has 2 heterocycles. The predicted octanol–water partition coefficient (Wildman–Crippen LogP) is 5.76. The number of aryl methyl sites for hydroxylation is 1. The van der Waals surface area contributed by atoms with Crippen molar-refractivity contribution in [2.45, 2.75) is 32.9 Å². The van der Waals surface area contributed by atoms with Crippen molar-refractivity contribution in [3.63, 3.8) is 0 Å². The zero-order valence-corrected chi connectivity index (χ0v) is 19.4. The van der Waals surface area contributed by atoms with Crippen molar-refractivity contribution in [2.75, 3.05) is 4.90 Å². The van der Waals surface area contributed by atoms with Crippen molar-refractivity contribution in [3.8, 4) is 5.75 Å². The molecular formula is C25H22BrNO5. The maximum absolute atomic E-state index is 13.1. The molecule has 0 aliphatic carbocycles. The van der Waals surface area contributed by atoms with Crippen LogP contribution in [-0.2, 0) is 9.59 Å². The summed E-state index contributed by atoms with van der Waals surface area (Å²) in [5, 5.41) is 11.1. The highest BCUT2D eigenvalue weighted by atomic mass is 79.9. The molecule has 2 aromatic carbocycles. The summed E-state index contributed by atoms with van der Waals surface area (Å²) in [5.74, 6) is -0.0923. The predicted molar refractivity (Wildman–Crippen MR) is 125 cm³/mol. The fraction of sp³-hybridized carbons (Fsp3) is 0.200. The van der Waals surface area contributed by atoms with E-state index in [9.17, 15) is 14.7 Å². The first kappa shape index (κ1) is 21.9. The van der Waals surface area contributed by atoms with Crippen molar-refractivity contribution < 1.29 is 23.8 Å². The number of benzene rings is 2. The van der Waals surface area contributed by atoms with Crippen molar-refractivity contribution in [1.29, 1.82) is 0 Å². The number of ether oxygens (including phenoxy) is 1. The molecule has 1 unspecified atom stereocenters. The van der Waals surface area contributed by atoms with Gasteiger partial charge < -0.3 is 14.3 Å². The fourth-order valence-electron chi connectivity index (χ4n) is 3.69. The van der Waals surface area contributed by atoms with Crippen LogP contribution in [-0.4, -0.2) is 22.9 Å². The van der Waals surface area contributed by atoms with Crippen molar-refractivity contribution in [2.24, 2.45) is 0 Å². The van der Waals surface area contributed by atoms with Gasteiger partial charge in [-0.2, -0.15) is 0 Å². The van der Waals surface area contributed by atoms with Crippen LogP contribution in [0.5, 0.6) is 5.75 Å². The maximum atomic E-state index is 13.1. The van der Waals surface area contributed by atoms with Crippen LogP contribution in [0.4, 0.5) is 5.69 Å². The van der Waals surface area contributed by atoms with Gasteiger partial charge in [0.05, 0.1) is 11.7 Å². The molecule has 7 heteroatoms. The molecule has 1 aliphatic heterocycles. The number of ketones is 1. The number of halogens is 1. The minimum atomic E-state index is -0.892. The van der Waals surface area contributed by atoms with Crippen LogP contribution >= 0.6 is 15.9 Å². The summed E-state index contributed by atoms with van der Waals surface area (Å²) < 4.78 is 12.3. The van der Waals surface area contributed by atoms with Gasteiger partial charge in [0.25, 0.3) is 11.7 Å². The summed E-state index contributed by atoms with van der Waals surface area (Å²) in [6.07, 6.45) is 0.00729. The highest BCUT2D eigenvalue weighted by Gasteiger charge is 2.48. The lowest BCUT2D eigenvalue weighted by Gasteiger charge is -2.23. The zero-order valence-electron chi connectivity index (χ0n) is 17.8. The lowest BCUT2D eigenvalue weighted by Crippen LogP contribution is -2.29. The Morgan fingerprint density at radius 1 is 1.03 bits per heavy atom. The highest BCUT2D eigenvalue weighted by Crippen LogP contribution is 2.42. The number of hydrogen-bond acceptors (Lipinski definition) is 5. The van der Waals surface area contributed by atoms with Crippen molar-refractivity contribution in [3.05, 3.63) is 87.8 Å². The van der Waals surface area contributed by atoms with Gasteiger partial charge in [-0.1, -0.05) is 15.9 Å². The first-order valence-electron chi connectivity index (χ1n) is 10.2. The summed E-state index contributed by atoms with van der Waals surface area (Å²) >= 11 is 3.38. The minimum absolute atomic E-state index is 0.00729. The molecule has 0 radical (unpaired) electrons. The molecule has 0 spiro atoms. The number of rotatable bonds is 5. The Kier molecular flexibility index (Phi) is 5.93. The monoisotopic (exact) mass is 495 g/mol. The Bertz CT molecular complexity index is 1190. The van der Waals surface area contributed by atoms with E-state index in [1.54, 1.807) is 67.6 Å². The Labute approximate surface area is 194 Å². The van der Waals surface area contributed by atoms with Gasteiger partial charge in [-0.05, 0) is 81.4 Å². The van der Waals surface area contributed by atoms with E-state index in [-0.39, 0.29) is 17.4 Å². The number of aliphatic hydroxyl groups excluding tert-OH is 1. The average Bonchev–Trinajstić information content (AvgIpc) is 3.29. The van der Waals surface area contributed by atoms with Crippen LogP contribution in [0.3, 0.4) is 0 Å². The molecule has 32 heavy (non-hydrogen) atoms. The highest BCUT2D eigenvalue weighted by molar-refractivity contribution is 9.10. The normalized spacial score (nSPS) is 17.9. The molecule has 1 fully saturated rings. The fourth-order valence-corrected chi connectivity index (χ4v) is 3.95. The molecule has 1 aromatic heterocycles. The van der Waals surface area contributed by atoms with Gasteiger partial charge >= 0.3 is 0 Å². The number of hydrogen-bond donors (Lipinski definition) is 1. The molecule has 4 rings (SSSR count). The molecular weight excluding hydrogens is 474 g/mol. The van der Waals surface area contributed by atoms with Crippen LogP contribution in [0.25, 0.3) is 5.76 Å². The molecule has 0 saturated carbocycles. The second-order valence-corrected chi connectivity index (χ2v) is 8.70. The van der Waals surface area contributed by atoms with Gasteiger partial charge in [-0.3, -0.25) is 14.5 Å². The molecule has 1 atom stereocenters. The number of amides is 1.